The summed E-state index contributed by atoms with van der Waals surface area (Å²) in [5, 5.41) is 8.85. The molecule has 0 saturated heterocycles. The van der Waals surface area contributed by atoms with E-state index in [0.717, 1.165) is 0 Å². The molecule has 1 nitrogen and oxygen atoms in total. The third-order valence-corrected chi connectivity index (χ3v) is 3.30. The third kappa shape index (κ3) is 3.64. The summed E-state index contributed by atoms with van der Waals surface area (Å²) in [6.07, 6.45) is 10.3. The summed E-state index contributed by atoms with van der Waals surface area (Å²) in [6.45, 7) is 6.70. The van der Waals surface area contributed by atoms with Crippen molar-refractivity contribution in [1.82, 2.24) is 0 Å². The topological polar surface area (TPSA) is 20.2 Å². The van der Waals surface area contributed by atoms with Gasteiger partial charge in [-0.25, -0.2) is 0 Å². The summed E-state index contributed by atoms with van der Waals surface area (Å²) in [4.78, 5) is 0. The molecule has 0 aromatic carbocycles. The Morgan fingerprint density at radius 3 is 2.75 bits per heavy atom. The minimum atomic E-state index is 0.139. The number of allylic oxidation sites excluding steroid dienone is 5. The van der Waals surface area contributed by atoms with E-state index < -0.39 is 0 Å². The van der Waals surface area contributed by atoms with Gasteiger partial charge in [0.25, 0.3) is 0 Å². The van der Waals surface area contributed by atoms with E-state index in [-0.39, 0.29) is 6.61 Å². The lowest BCUT2D eigenvalue weighted by Crippen LogP contribution is -2.01. The van der Waals surface area contributed by atoms with Crippen LogP contribution in [0.3, 0.4) is 0 Å². The van der Waals surface area contributed by atoms with Crippen LogP contribution in [0, 0.1) is 0 Å². The van der Waals surface area contributed by atoms with Crippen LogP contribution >= 0.6 is 0 Å². The number of hydrogen-bond acceptors (Lipinski definition) is 1. The monoisotopic (exact) mass is 220 g/mol. The third-order valence-electron chi connectivity index (χ3n) is 3.30. The quantitative estimate of drug-likeness (QED) is 0.754. The highest BCUT2D eigenvalue weighted by molar-refractivity contribution is 5.40. The fourth-order valence-electron chi connectivity index (χ4n) is 2.37. The lowest BCUT2D eigenvalue weighted by molar-refractivity contribution is 0.342. The Labute approximate surface area is 99.6 Å². The van der Waals surface area contributed by atoms with E-state index in [2.05, 4.69) is 26.8 Å². The van der Waals surface area contributed by atoms with Crippen LogP contribution in [-0.4, -0.2) is 11.7 Å². The Bertz CT molecular complexity index is 318. The van der Waals surface area contributed by atoms with Crippen molar-refractivity contribution >= 4 is 0 Å². The lowest BCUT2D eigenvalue weighted by atomic mass is 9.85. The van der Waals surface area contributed by atoms with Crippen LogP contribution in [0.1, 0.15) is 52.9 Å². The Balaban J connectivity index is 2.88. The molecule has 0 saturated carbocycles. The fourth-order valence-corrected chi connectivity index (χ4v) is 2.37. The van der Waals surface area contributed by atoms with Gasteiger partial charge >= 0.3 is 0 Å². The average Bonchev–Trinajstić information content (AvgIpc) is 2.24. The second-order valence-electron chi connectivity index (χ2n) is 4.63. The van der Waals surface area contributed by atoms with Crippen LogP contribution in [0.25, 0.3) is 0 Å². The molecule has 16 heavy (non-hydrogen) atoms. The SMILES string of the molecule is CCCC1=C(C)/C(=C/C(C)=C\CO)CCC1. The van der Waals surface area contributed by atoms with Gasteiger partial charge in [0.05, 0.1) is 6.61 Å². The minimum absolute atomic E-state index is 0.139. The second-order valence-corrected chi connectivity index (χ2v) is 4.63. The predicted octanol–water partition coefficient (Wildman–Crippen LogP) is 4.15. The highest BCUT2D eigenvalue weighted by Crippen LogP contribution is 2.32. The normalized spacial score (nSPS) is 20.8. The molecule has 1 aliphatic carbocycles. The lowest BCUT2D eigenvalue weighted by Gasteiger charge is -2.20. The van der Waals surface area contributed by atoms with E-state index in [1.165, 1.54) is 48.8 Å². The number of aliphatic hydroxyl groups is 1. The highest BCUT2D eigenvalue weighted by atomic mass is 16.2. The van der Waals surface area contributed by atoms with Gasteiger partial charge in [0.1, 0.15) is 0 Å². The van der Waals surface area contributed by atoms with Crippen molar-refractivity contribution in [2.45, 2.75) is 52.9 Å². The predicted molar refractivity (Wildman–Crippen MR) is 70.4 cm³/mol. The first kappa shape index (κ1) is 13.2. The van der Waals surface area contributed by atoms with Gasteiger partial charge in [0.2, 0.25) is 0 Å². The van der Waals surface area contributed by atoms with Gasteiger partial charge < -0.3 is 5.11 Å². The first-order valence-corrected chi connectivity index (χ1v) is 6.36. The van der Waals surface area contributed by atoms with Crippen LogP contribution in [0.5, 0.6) is 0 Å². The van der Waals surface area contributed by atoms with Crippen LogP contribution < -0.4 is 0 Å². The average molecular weight is 220 g/mol. The van der Waals surface area contributed by atoms with Crippen LogP contribution in [0.15, 0.2) is 34.4 Å². The maximum atomic E-state index is 8.85. The van der Waals surface area contributed by atoms with Gasteiger partial charge in [0.15, 0.2) is 0 Å². The summed E-state index contributed by atoms with van der Waals surface area (Å²) in [5.74, 6) is 0. The van der Waals surface area contributed by atoms with Crippen molar-refractivity contribution in [1.29, 1.82) is 0 Å². The molecular weight excluding hydrogens is 196 g/mol. The van der Waals surface area contributed by atoms with E-state index in [0.29, 0.717) is 0 Å². The van der Waals surface area contributed by atoms with Crippen LogP contribution in [-0.2, 0) is 0 Å². The highest BCUT2D eigenvalue weighted by Gasteiger charge is 2.12. The van der Waals surface area contributed by atoms with Gasteiger partial charge in [-0.05, 0) is 50.7 Å². The maximum absolute atomic E-state index is 8.85. The van der Waals surface area contributed by atoms with Gasteiger partial charge in [-0.1, -0.05) is 36.6 Å². The Kier molecular flexibility index (Phi) is 5.54. The van der Waals surface area contributed by atoms with Crippen LogP contribution in [0.2, 0.25) is 0 Å². The van der Waals surface area contributed by atoms with E-state index in [1.807, 2.05) is 6.08 Å². The largest absolute Gasteiger partial charge is 0.392 e. The number of hydrogen-bond donors (Lipinski definition) is 1. The summed E-state index contributed by atoms with van der Waals surface area (Å²) in [5.41, 5.74) is 5.78. The molecule has 0 unspecified atom stereocenters. The van der Waals surface area contributed by atoms with Crippen molar-refractivity contribution in [3.63, 3.8) is 0 Å². The van der Waals surface area contributed by atoms with Gasteiger partial charge in [-0.15, -0.1) is 0 Å². The molecule has 0 spiro atoms. The van der Waals surface area contributed by atoms with Crippen molar-refractivity contribution in [3.8, 4) is 0 Å². The summed E-state index contributed by atoms with van der Waals surface area (Å²) in [6, 6.07) is 0. The van der Waals surface area contributed by atoms with Crippen molar-refractivity contribution < 1.29 is 5.11 Å². The van der Waals surface area contributed by atoms with E-state index in [1.54, 1.807) is 5.57 Å². The van der Waals surface area contributed by atoms with Gasteiger partial charge in [0, 0.05) is 0 Å². The van der Waals surface area contributed by atoms with Crippen molar-refractivity contribution in [2.24, 2.45) is 0 Å². The molecule has 0 aromatic heterocycles. The summed E-state index contributed by atoms with van der Waals surface area (Å²) < 4.78 is 0. The standard InChI is InChI=1S/C15H24O/c1-4-6-14-7-5-8-15(13(14)3)11-12(2)9-10-16/h9,11,16H,4-8,10H2,1-3H3/b12-9-,15-11+. The van der Waals surface area contributed by atoms with Gasteiger partial charge in [-0.2, -0.15) is 0 Å². The smallest absolute Gasteiger partial charge is 0.0617 e. The zero-order valence-corrected chi connectivity index (χ0v) is 10.8. The molecule has 0 aliphatic heterocycles. The molecule has 0 fully saturated rings. The molecule has 1 rings (SSSR count). The molecule has 0 heterocycles. The fraction of sp³-hybridized carbons (Fsp3) is 0.600. The Morgan fingerprint density at radius 2 is 2.12 bits per heavy atom. The minimum Gasteiger partial charge on any atom is -0.392 e. The van der Waals surface area contributed by atoms with E-state index >= 15 is 0 Å². The zero-order chi connectivity index (χ0) is 12.0. The molecular formula is C15H24O. The molecule has 0 radical (unpaired) electrons. The van der Waals surface area contributed by atoms with Crippen LogP contribution in [0.4, 0.5) is 0 Å². The maximum Gasteiger partial charge on any atom is 0.0617 e. The van der Waals surface area contributed by atoms with Crippen molar-refractivity contribution in [2.75, 3.05) is 6.61 Å². The van der Waals surface area contributed by atoms with E-state index in [4.69, 9.17) is 5.11 Å². The first-order valence-electron chi connectivity index (χ1n) is 6.36. The van der Waals surface area contributed by atoms with E-state index in [9.17, 15) is 0 Å². The molecule has 0 atom stereocenters. The molecule has 90 valence electrons. The molecule has 1 N–H and O–H groups in total. The van der Waals surface area contributed by atoms with Crippen molar-refractivity contribution in [3.05, 3.63) is 34.4 Å². The molecule has 1 aliphatic rings. The zero-order valence-electron chi connectivity index (χ0n) is 10.8. The number of aliphatic hydroxyl groups excluding tert-OH is 1. The summed E-state index contributed by atoms with van der Waals surface area (Å²) >= 11 is 0. The summed E-state index contributed by atoms with van der Waals surface area (Å²) in [7, 11) is 0. The molecule has 0 aromatic rings. The Morgan fingerprint density at radius 1 is 1.38 bits per heavy atom. The molecule has 0 amide bonds. The van der Waals surface area contributed by atoms with Gasteiger partial charge in [-0.3, -0.25) is 0 Å². The first-order chi connectivity index (χ1) is 7.69. The molecule has 0 bridgehead atoms. The number of rotatable bonds is 4. The molecule has 1 heteroatoms. The second kappa shape index (κ2) is 6.70. The Hall–Kier alpha value is -0.820.